The molecular weight excluding hydrogens is 350 g/mol. The monoisotopic (exact) mass is 373 g/mol. The van der Waals surface area contributed by atoms with E-state index in [1.54, 1.807) is 4.90 Å². The number of carbonyl (C=O) groups excluding carboxylic acids is 1. The Morgan fingerprint density at radius 1 is 0.964 bits per heavy atom. The second-order valence-electron chi connectivity index (χ2n) is 7.34. The Morgan fingerprint density at radius 2 is 1.68 bits per heavy atom. The maximum absolute atomic E-state index is 12.6. The summed E-state index contributed by atoms with van der Waals surface area (Å²) in [6.07, 6.45) is 0.0559. The molecule has 1 fully saturated rings. The van der Waals surface area contributed by atoms with Gasteiger partial charge in [0.2, 0.25) is 0 Å². The van der Waals surface area contributed by atoms with Gasteiger partial charge in [0, 0.05) is 11.1 Å². The van der Waals surface area contributed by atoms with Gasteiger partial charge in [0.1, 0.15) is 11.9 Å². The third kappa shape index (κ3) is 3.88. The Hall–Kier alpha value is -3.21. The number of aromatic nitrogens is 2. The van der Waals surface area contributed by atoms with Crippen LogP contribution in [0.1, 0.15) is 35.8 Å². The summed E-state index contributed by atoms with van der Waals surface area (Å²) in [6, 6.07) is 21.2. The lowest BCUT2D eigenvalue weighted by atomic mass is 10.0. The number of amides is 1. The standard InChI is InChI=1S/C23H23N3O2/c1-16(2)21-12-13-22(25-24-21)17-8-10-18(11-9-17)23(27)26-14-20(15-26)28-19-6-4-3-5-7-19/h3-13,16,20H,14-15H2,1-2H3. The maximum atomic E-state index is 12.6. The van der Waals surface area contributed by atoms with Gasteiger partial charge in [-0.1, -0.05) is 44.2 Å². The molecule has 2 heterocycles. The van der Waals surface area contributed by atoms with Gasteiger partial charge < -0.3 is 9.64 Å². The highest BCUT2D eigenvalue weighted by Gasteiger charge is 2.32. The van der Waals surface area contributed by atoms with Crippen LogP contribution in [-0.2, 0) is 0 Å². The van der Waals surface area contributed by atoms with Crippen LogP contribution in [0.25, 0.3) is 11.3 Å². The topological polar surface area (TPSA) is 55.3 Å². The lowest BCUT2D eigenvalue weighted by Crippen LogP contribution is -2.56. The Bertz CT molecular complexity index is 932. The van der Waals surface area contributed by atoms with Gasteiger partial charge in [-0.25, -0.2) is 0 Å². The molecule has 0 spiro atoms. The number of nitrogens with zero attached hydrogens (tertiary/aromatic N) is 3. The van der Waals surface area contributed by atoms with Crippen molar-refractivity contribution in [2.45, 2.75) is 25.9 Å². The molecule has 0 atom stereocenters. The quantitative estimate of drug-likeness (QED) is 0.674. The Kier molecular flexibility index (Phi) is 5.06. The maximum Gasteiger partial charge on any atom is 0.254 e. The van der Waals surface area contributed by atoms with Crippen molar-refractivity contribution in [3.05, 3.63) is 78.0 Å². The van der Waals surface area contributed by atoms with E-state index in [2.05, 4.69) is 24.0 Å². The minimum Gasteiger partial charge on any atom is -0.487 e. The largest absolute Gasteiger partial charge is 0.487 e. The summed E-state index contributed by atoms with van der Waals surface area (Å²) in [4.78, 5) is 14.4. The Labute approximate surface area is 165 Å². The second kappa shape index (κ2) is 7.80. The van der Waals surface area contributed by atoms with Crippen molar-refractivity contribution in [2.75, 3.05) is 13.1 Å². The predicted molar refractivity (Wildman–Crippen MR) is 108 cm³/mol. The average molecular weight is 373 g/mol. The normalized spacial score (nSPS) is 14.0. The molecule has 28 heavy (non-hydrogen) atoms. The predicted octanol–water partition coefficient (Wildman–Crippen LogP) is 4.17. The van der Waals surface area contributed by atoms with E-state index >= 15 is 0 Å². The molecule has 4 rings (SSSR count). The van der Waals surface area contributed by atoms with Crippen LogP contribution in [0.2, 0.25) is 0 Å². The van der Waals surface area contributed by atoms with Gasteiger partial charge in [0.05, 0.1) is 24.5 Å². The van der Waals surface area contributed by atoms with Crippen molar-refractivity contribution >= 4 is 5.91 Å². The molecule has 142 valence electrons. The minimum absolute atomic E-state index is 0.0284. The first-order valence-corrected chi connectivity index (χ1v) is 9.55. The second-order valence-corrected chi connectivity index (χ2v) is 7.34. The van der Waals surface area contributed by atoms with Gasteiger partial charge in [0.15, 0.2) is 0 Å². The van der Waals surface area contributed by atoms with Crippen LogP contribution in [0.15, 0.2) is 66.7 Å². The third-order valence-electron chi connectivity index (χ3n) is 4.89. The number of para-hydroxylation sites is 1. The fourth-order valence-corrected chi connectivity index (χ4v) is 3.14. The fourth-order valence-electron chi connectivity index (χ4n) is 3.14. The van der Waals surface area contributed by atoms with Gasteiger partial charge in [-0.3, -0.25) is 4.79 Å². The summed E-state index contributed by atoms with van der Waals surface area (Å²) in [5.41, 5.74) is 3.41. The molecule has 0 radical (unpaired) electrons. The van der Waals surface area contributed by atoms with Crippen molar-refractivity contribution < 1.29 is 9.53 Å². The zero-order valence-electron chi connectivity index (χ0n) is 16.1. The Balaban J connectivity index is 1.36. The summed E-state index contributed by atoms with van der Waals surface area (Å²) < 4.78 is 5.86. The molecule has 2 aromatic carbocycles. The van der Waals surface area contributed by atoms with Crippen LogP contribution in [0.4, 0.5) is 0 Å². The smallest absolute Gasteiger partial charge is 0.254 e. The molecule has 5 heteroatoms. The van der Waals surface area contributed by atoms with Gasteiger partial charge in [-0.15, -0.1) is 0 Å². The molecule has 3 aromatic rings. The summed E-state index contributed by atoms with van der Waals surface area (Å²) in [6.45, 7) is 5.40. The number of hydrogen-bond donors (Lipinski definition) is 0. The zero-order chi connectivity index (χ0) is 19.5. The first-order valence-electron chi connectivity index (χ1n) is 9.55. The SMILES string of the molecule is CC(C)c1ccc(-c2ccc(C(=O)N3CC(Oc4ccccc4)C3)cc2)nn1. The summed E-state index contributed by atoms with van der Waals surface area (Å²) in [5, 5.41) is 8.56. The van der Waals surface area contributed by atoms with Gasteiger partial charge in [-0.05, 0) is 42.3 Å². The summed E-state index contributed by atoms with van der Waals surface area (Å²) >= 11 is 0. The molecule has 5 nitrogen and oxygen atoms in total. The highest BCUT2D eigenvalue weighted by atomic mass is 16.5. The van der Waals surface area contributed by atoms with Crippen LogP contribution in [-0.4, -0.2) is 40.2 Å². The van der Waals surface area contributed by atoms with Crippen molar-refractivity contribution in [2.24, 2.45) is 0 Å². The number of likely N-dealkylation sites (tertiary alicyclic amines) is 1. The van der Waals surface area contributed by atoms with Crippen LogP contribution < -0.4 is 4.74 Å². The van der Waals surface area contributed by atoms with E-state index in [1.165, 1.54) is 0 Å². The zero-order valence-corrected chi connectivity index (χ0v) is 16.1. The van der Waals surface area contributed by atoms with Crippen LogP contribution in [0.5, 0.6) is 5.75 Å². The van der Waals surface area contributed by atoms with Crippen molar-refractivity contribution in [1.82, 2.24) is 15.1 Å². The molecule has 0 saturated carbocycles. The molecule has 0 bridgehead atoms. The summed E-state index contributed by atoms with van der Waals surface area (Å²) in [5.74, 6) is 1.22. The van der Waals surface area contributed by atoms with Crippen molar-refractivity contribution in [3.8, 4) is 17.0 Å². The van der Waals surface area contributed by atoms with E-state index < -0.39 is 0 Å². The minimum atomic E-state index is 0.0284. The highest BCUT2D eigenvalue weighted by molar-refractivity contribution is 5.95. The molecule has 0 N–H and O–H groups in total. The van der Waals surface area contributed by atoms with E-state index in [0.29, 0.717) is 24.6 Å². The van der Waals surface area contributed by atoms with E-state index in [-0.39, 0.29) is 12.0 Å². The molecule has 1 saturated heterocycles. The first kappa shape index (κ1) is 18.2. The van der Waals surface area contributed by atoms with Crippen LogP contribution in [0, 0.1) is 0 Å². The van der Waals surface area contributed by atoms with Crippen molar-refractivity contribution in [1.29, 1.82) is 0 Å². The molecule has 1 amide bonds. The van der Waals surface area contributed by atoms with Crippen molar-refractivity contribution in [3.63, 3.8) is 0 Å². The number of benzene rings is 2. The average Bonchev–Trinajstić information content (AvgIpc) is 2.71. The molecule has 0 aliphatic carbocycles. The molecule has 1 aliphatic heterocycles. The lowest BCUT2D eigenvalue weighted by Gasteiger charge is -2.39. The molecule has 0 unspecified atom stereocenters. The number of hydrogen-bond acceptors (Lipinski definition) is 4. The van der Waals surface area contributed by atoms with Gasteiger partial charge in [-0.2, -0.15) is 10.2 Å². The third-order valence-corrected chi connectivity index (χ3v) is 4.89. The lowest BCUT2D eigenvalue weighted by molar-refractivity contribution is 0.0178. The van der Waals surface area contributed by atoms with Crippen LogP contribution >= 0.6 is 0 Å². The van der Waals surface area contributed by atoms with Gasteiger partial charge in [0.25, 0.3) is 5.91 Å². The first-order chi connectivity index (χ1) is 13.6. The van der Waals surface area contributed by atoms with Crippen LogP contribution in [0.3, 0.4) is 0 Å². The highest BCUT2D eigenvalue weighted by Crippen LogP contribution is 2.22. The molecular formula is C23H23N3O2. The van der Waals surface area contributed by atoms with E-state index in [1.807, 2.05) is 66.7 Å². The number of ether oxygens (including phenoxy) is 1. The van der Waals surface area contributed by atoms with E-state index in [0.717, 1.165) is 22.7 Å². The number of rotatable bonds is 5. The molecule has 1 aliphatic rings. The number of carbonyl (C=O) groups is 1. The Morgan fingerprint density at radius 3 is 2.29 bits per heavy atom. The summed E-state index contributed by atoms with van der Waals surface area (Å²) in [7, 11) is 0. The van der Waals surface area contributed by atoms with E-state index in [4.69, 9.17) is 4.74 Å². The molecule has 1 aromatic heterocycles. The van der Waals surface area contributed by atoms with Gasteiger partial charge >= 0.3 is 0 Å². The fraction of sp³-hybridized carbons (Fsp3) is 0.261. The van der Waals surface area contributed by atoms with E-state index in [9.17, 15) is 4.79 Å².